The number of piperidine rings is 1. The molecule has 2 aromatic rings. The number of ether oxygens (including phenoxy) is 2. The van der Waals surface area contributed by atoms with Crippen LogP contribution in [0.15, 0.2) is 29.4 Å². The van der Waals surface area contributed by atoms with E-state index in [1.807, 2.05) is 0 Å². The summed E-state index contributed by atoms with van der Waals surface area (Å²) in [5, 5.41) is 9.38. The fourth-order valence-corrected chi connectivity index (χ4v) is 3.94. The van der Waals surface area contributed by atoms with E-state index in [9.17, 15) is 22.7 Å². The first kappa shape index (κ1) is 23.9. The first-order valence-electron chi connectivity index (χ1n) is 10.2. The number of carbonyl (C=O) groups excluding carboxylic acids is 1. The summed E-state index contributed by atoms with van der Waals surface area (Å²) in [4.78, 5) is 21.8. The molecule has 1 N–H and O–H groups in total. The number of hydrogen-bond acceptors (Lipinski definition) is 8. The van der Waals surface area contributed by atoms with Crippen molar-refractivity contribution in [3.8, 4) is 17.5 Å². The minimum Gasteiger partial charge on any atom is -0.474 e. The molecule has 1 amide bonds. The van der Waals surface area contributed by atoms with Crippen molar-refractivity contribution in [2.75, 3.05) is 19.3 Å². The topological polar surface area (TPSA) is 119 Å². The number of aliphatic hydroxyl groups excluding tert-OH is 1. The third-order valence-corrected chi connectivity index (χ3v) is 6.18. The Balaban J connectivity index is 1.66. The van der Waals surface area contributed by atoms with Crippen LogP contribution >= 0.6 is 0 Å². The van der Waals surface area contributed by atoms with Gasteiger partial charge in [0.15, 0.2) is 21.4 Å². The Kier molecular flexibility index (Phi) is 7.29. The minimum absolute atomic E-state index is 0.0868. The highest BCUT2D eigenvalue weighted by atomic mass is 32.2. The van der Waals surface area contributed by atoms with Crippen LogP contribution in [-0.4, -0.2) is 65.9 Å². The molecule has 174 valence electrons. The average Bonchev–Trinajstić information content (AvgIpc) is 2.71. The molecular formula is C21H26FN3O6S. The van der Waals surface area contributed by atoms with Crippen LogP contribution in [0.5, 0.6) is 17.5 Å². The van der Waals surface area contributed by atoms with Gasteiger partial charge < -0.3 is 19.5 Å². The van der Waals surface area contributed by atoms with E-state index in [0.717, 1.165) is 12.3 Å². The SMILES string of the molecule is Cc1c(Oc2ccc(S(C)(=O)=O)cc2F)ncnc1OC1CCN(C(=O)C[C@H](C)O)CC1. The third-order valence-electron chi connectivity index (χ3n) is 5.07. The lowest BCUT2D eigenvalue weighted by Gasteiger charge is -2.32. The van der Waals surface area contributed by atoms with Crippen LogP contribution in [-0.2, 0) is 14.6 Å². The average molecular weight is 468 g/mol. The highest BCUT2D eigenvalue weighted by molar-refractivity contribution is 7.90. The lowest BCUT2D eigenvalue weighted by Crippen LogP contribution is -2.42. The monoisotopic (exact) mass is 467 g/mol. The Morgan fingerprint density at radius 3 is 2.53 bits per heavy atom. The van der Waals surface area contributed by atoms with Gasteiger partial charge in [0.1, 0.15) is 12.4 Å². The molecule has 32 heavy (non-hydrogen) atoms. The van der Waals surface area contributed by atoms with Crippen LogP contribution in [0.3, 0.4) is 0 Å². The van der Waals surface area contributed by atoms with Crippen LogP contribution in [0, 0.1) is 12.7 Å². The van der Waals surface area contributed by atoms with E-state index < -0.39 is 21.8 Å². The molecule has 3 rings (SSSR count). The highest BCUT2D eigenvalue weighted by Gasteiger charge is 2.26. The van der Waals surface area contributed by atoms with Gasteiger partial charge in [0.2, 0.25) is 17.7 Å². The molecule has 1 aliphatic rings. The van der Waals surface area contributed by atoms with Crippen molar-refractivity contribution in [3.63, 3.8) is 0 Å². The first-order chi connectivity index (χ1) is 15.0. The number of hydrogen-bond donors (Lipinski definition) is 1. The van der Waals surface area contributed by atoms with Gasteiger partial charge in [0, 0.05) is 32.2 Å². The summed E-state index contributed by atoms with van der Waals surface area (Å²) in [5.74, 6) is -0.712. The number of nitrogens with zero attached hydrogens (tertiary/aromatic N) is 3. The molecule has 11 heteroatoms. The predicted molar refractivity (Wildman–Crippen MR) is 113 cm³/mol. The minimum atomic E-state index is -3.54. The second-order valence-electron chi connectivity index (χ2n) is 7.83. The molecule has 2 heterocycles. The molecular weight excluding hydrogens is 441 g/mol. The Bertz CT molecular complexity index is 1080. The van der Waals surface area contributed by atoms with Crippen molar-refractivity contribution in [1.82, 2.24) is 14.9 Å². The van der Waals surface area contributed by atoms with Crippen LogP contribution < -0.4 is 9.47 Å². The Morgan fingerprint density at radius 1 is 1.28 bits per heavy atom. The van der Waals surface area contributed by atoms with Crippen molar-refractivity contribution >= 4 is 15.7 Å². The van der Waals surface area contributed by atoms with Gasteiger partial charge in [-0.1, -0.05) is 0 Å². The zero-order valence-electron chi connectivity index (χ0n) is 18.1. The van der Waals surface area contributed by atoms with Crippen molar-refractivity contribution in [2.45, 2.75) is 50.2 Å². The maximum Gasteiger partial charge on any atom is 0.229 e. The van der Waals surface area contributed by atoms with Gasteiger partial charge in [0.25, 0.3) is 0 Å². The molecule has 9 nitrogen and oxygen atoms in total. The quantitative estimate of drug-likeness (QED) is 0.659. The van der Waals surface area contributed by atoms with E-state index in [-0.39, 0.29) is 40.8 Å². The van der Waals surface area contributed by atoms with E-state index >= 15 is 0 Å². The molecule has 1 aromatic heterocycles. The smallest absolute Gasteiger partial charge is 0.229 e. The zero-order chi connectivity index (χ0) is 23.5. The maximum absolute atomic E-state index is 14.3. The van der Waals surface area contributed by atoms with Crippen LogP contribution in [0.2, 0.25) is 0 Å². The number of rotatable bonds is 7. The molecule has 0 saturated carbocycles. The second-order valence-corrected chi connectivity index (χ2v) is 9.84. The highest BCUT2D eigenvalue weighted by Crippen LogP contribution is 2.31. The van der Waals surface area contributed by atoms with Crippen molar-refractivity contribution in [1.29, 1.82) is 0 Å². The number of sulfone groups is 1. The Hall–Kier alpha value is -2.79. The second kappa shape index (κ2) is 9.78. The Morgan fingerprint density at radius 2 is 1.94 bits per heavy atom. The maximum atomic E-state index is 14.3. The molecule has 1 aliphatic heterocycles. The molecule has 0 aliphatic carbocycles. The number of halogens is 1. The van der Waals surface area contributed by atoms with Crippen LogP contribution in [0.25, 0.3) is 0 Å². The molecule has 0 unspecified atom stereocenters. The Labute approximate surface area is 186 Å². The summed E-state index contributed by atoms with van der Waals surface area (Å²) in [6.07, 6.45) is 2.69. The van der Waals surface area contributed by atoms with Crippen LogP contribution in [0.4, 0.5) is 4.39 Å². The van der Waals surface area contributed by atoms with Gasteiger partial charge in [-0.2, -0.15) is 0 Å². The van der Waals surface area contributed by atoms with Gasteiger partial charge in [0.05, 0.1) is 23.0 Å². The lowest BCUT2D eigenvalue weighted by molar-refractivity contribution is -0.134. The van der Waals surface area contributed by atoms with E-state index in [1.54, 1.807) is 18.7 Å². The molecule has 1 fully saturated rings. The molecule has 0 bridgehead atoms. The van der Waals surface area contributed by atoms with Gasteiger partial charge in [-0.3, -0.25) is 4.79 Å². The van der Waals surface area contributed by atoms with Gasteiger partial charge in [-0.05, 0) is 32.0 Å². The number of aliphatic hydroxyl groups is 1. The van der Waals surface area contributed by atoms with E-state index in [4.69, 9.17) is 9.47 Å². The summed E-state index contributed by atoms with van der Waals surface area (Å²) >= 11 is 0. The first-order valence-corrected chi connectivity index (χ1v) is 12.0. The number of benzene rings is 1. The largest absolute Gasteiger partial charge is 0.474 e. The van der Waals surface area contributed by atoms with Gasteiger partial charge in [-0.15, -0.1) is 0 Å². The summed E-state index contributed by atoms with van der Waals surface area (Å²) in [7, 11) is -3.54. The fraction of sp³-hybridized carbons (Fsp3) is 0.476. The molecule has 1 saturated heterocycles. The lowest BCUT2D eigenvalue weighted by atomic mass is 10.1. The summed E-state index contributed by atoms with van der Waals surface area (Å²) in [5.41, 5.74) is 0.465. The van der Waals surface area contributed by atoms with E-state index in [0.29, 0.717) is 31.5 Å². The van der Waals surface area contributed by atoms with Crippen molar-refractivity contribution in [3.05, 3.63) is 35.9 Å². The normalized spacial score (nSPS) is 16.0. The summed E-state index contributed by atoms with van der Waals surface area (Å²) in [6.45, 7) is 4.29. The predicted octanol–water partition coefficient (Wildman–Crippen LogP) is 2.26. The van der Waals surface area contributed by atoms with Crippen molar-refractivity contribution < 1.29 is 32.2 Å². The molecule has 0 radical (unpaired) electrons. The number of aromatic nitrogens is 2. The molecule has 1 aromatic carbocycles. The molecule has 0 spiro atoms. The number of amides is 1. The number of carbonyl (C=O) groups is 1. The standard InChI is InChI=1S/C21H26FN3O6S/c1-13(26)10-19(27)25-8-6-15(7-9-25)30-20-14(2)21(24-12-23-20)31-18-5-4-16(11-17(18)22)32(3,28)29/h4-5,11-13,15,26H,6-10H2,1-3H3/t13-/m0/s1. The van der Waals surface area contributed by atoms with Gasteiger partial charge >= 0.3 is 0 Å². The van der Waals surface area contributed by atoms with Gasteiger partial charge in [-0.25, -0.2) is 22.8 Å². The third kappa shape index (κ3) is 5.92. The summed E-state index contributed by atoms with van der Waals surface area (Å²) in [6, 6.07) is 3.38. The molecule has 1 atom stereocenters. The van der Waals surface area contributed by atoms with E-state index in [1.165, 1.54) is 18.5 Å². The zero-order valence-corrected chi connectivity index (χ0v) is 18.9. The van der Waals surface area contributed by atoms with Crippen LogP contribution in [0.1, 0.15) is 31.7 Å². The van der Waals surface area contributed by atoms with E-state index in [2.05, 4.69) is 9.97 Å². The number of likely N-dealkylation sites (tertiary alicyclic amines) is 1. The summed E-state index contributed by atoms with van der Waals surface area (Å²) < 4.78 is 49.0. The van der Waals surface area contributed by atoms with Crippen molar-refractivity contribution in [2.24, 2.45) is 0 Å². The fourth-order valence-electron chi connectivity index (χ4n) is 3.30.